The quantitative estimate of drug-likeness (QED) is 0.758. The van der Waals surface area contributed by atoms with Crippen molar-refractivity contribution in [2.24, 2.45) is 5.73 Å². The zero-order valence-electron chi connectivity index (χ0n) is 9.68. The summed E-state index contributed by atoms with van der Waals surface area (Å²) in [6.07, 6.45) is 0. The van der Waals surface area contributed by atoms with E-state index in [-0.39, 0.29) is 12.2 Å². The molecule has 1 aromatic rings. The van der Waals surface area contributed by atoms with E-state index >= 15 is 0 Å². The topological polar surface area (TPSA) is 67.1 Å². The highest BCUT2D eigenvalue weighted by Crippen LogP contribution is 2.14. The van der Waals surface area contributed by atoms with E-state index in [0.717, 1.165) is 12.1 Å². The summed E-state index contributed by atoms with van der Waals surface area (Å²) in [5.41, 5.74) is 4.75. The highest BCUT2D eigenvalue weighted by Gasteiger charge is 2.18. The largest absolute Gasteiger partial charge is 0.332 e. The summed E-state index contributed by atoms with van der Waals surface area (Å²) in [6, 6.07) is 2.32. The van der Waals surface area contributed by atoms with Crippen molar-refractivity contribution in [1.82, 2.24) is 5.32 Å². The van der Waals surface area contributed by atoms with Crippen LogP contribution in [0.3, 0.4) is 0 Å². The van der Waals surface area contributed by atoms with Crippen LogP contribution in [0.5, 0.6) is 0 Å². The van der Waals surface area contributed by atoms with E-state index in [1.165, 1.54) is 0 Å². The monoisotopic (exact) mass is 243 g/mol. The molecule has 0 heterocycles. The van der Waals surface area contributed by atoms with Gasteiger partial charge in [-0.05, 0) is 26.0 Å². The number of hydrogen-bond acceptors (Lipinski definition) is 2. The molecule has 0 aliphatic rings. The number of urea groups is 1. The highest BCUT2D eigenvalue weighted by atomic mass is 19.1. The van der Waals surface area contributed by atoms with Crippen molar-refractivity contribution < 1.29 is 13.6 Å². The van der Waals surface area contributed by atoms with E-state index in [4.69, 9.17) is 5.73 Å². The molecule has 0 saturated carbocycles. The molecular formula is C11H15F2N3O. The van der Waals surface area contributed by atoms with Crippen molar-refractivity contribution in [3.05, 3.63) is 29.8 Å². The van der Waals surface area contributed by atoms with Crippen LogP contribution in [-0.2, 0) is 0 Å². The Bertz CT molecular complexity index is 421. The summed E-state index contributed by atoms with van der Waals surface area (Å²) < 4.78 is 25.8. The summed E-state index contributed by atoms with van der Waals surface area (Å²) in [6.45, 7) is 3.70. The lowest BCUT2D eigenvalue weighted by atomic mass is 10.1. The molecule has 0 spiro atoms. The average molecular weight is 243 g/mol. The Morgan fingerprint density at radius 3 is 2.59 bits per heavy atom. The van der Waals surface area contributed by atoms with Crippen LogP contribution < -0.4 is 16.4 Å². The average Bonchev–Trinajstić information content (AvgIpc) is 2.21. The lowest BCUT2D eigenvalue weighted by molar-refractivity contribution is 0.242. The van der Waals surface area contributed by atoms with Crippen molar-refractivity contribution >= 4 is 11.7 Å². The molecule has 0 fully saturated rings. The van der Waals surface area contributed by atoms with E-state index < -0.39 is 23.2 Å². The minimum absolute atomic E-state index is 0.0864. The first kappa shape index (κ1) is 13.4. The first-order chi connectivity index (χ1) is 7.84. The molecule has 1 aromatic carbocycles. The number of amides is 2. The third-order valence-electron chi connectivity index (χ3n) is 2.14. The van der Waals surface area contributed by atoms with Gasteiger partial charge in [0.15, 0.2) is 0 Å². The molecule has 0 aromatic heterocycles. The molecule has 2 amide bonds. The molecule has 4 nitrogen and oxygen atoms in total. The molecule has 17 heavy (non-hydrogen) atoms. The minimum atomic E-state index is -0.828. The summed E-state index contributed by atoms with van der Waals surface area (Å²) >= 11 is 0. The van der Waals surface area contributed by atoms with Crippen molar-refractivity contribution in [3.8, 4) is 0 Å². The Labute approximate surface area is 98.2 Å². The van der Waals surface area contributed by atoms with Crippen LogP contribution in [-0.4, -0.2) is 18.1 Å². The van der Waals surface area contributed by atoms with Crippen LogP contribution in [0.15, 0.2) is 18.2 Å². The van der Waals surface area contributed by atoms with Crippen LogP contribution >= 0.6 is 0 Å². The minimum Gasteiger partial charge on any atom is -0.332 e. The van der Waals surface area contributed by atoms with Gasteiger partial charge in [-0.25, -0.2) is 13.6 Å². The van der Waals surface area contributed by atoms with Gasteiger partial charge in [0.1, 0.15) is 11.6 Å². The molecule has 0 aliphatic heterocycles. The molecule has 94 valence electrons. The van der Waals surface area contributed by atoms with Gasteiger partial charge in [-0.1, -0.05) is 0 Å². The third kappa shape index (κ3) is 3.99. The second-order valence-corrected chi connectivity index (χ2v) is 4.29. The number of carbonyl (C=O) groups is 1. The predicted molar refractivity (Wildman–Crippen MR) is 61.6 cm³/mol. The maximum absolute atomic E-state index is 13.2. The zero-order chi connectivity index (χ0) is 13.1. The van der Waals surface area contributed by atoms with Crippen molar-refractivity contribution in [2.75, 3.05) is 11.9 Å². The van der Waals surface area contributed by atoms with Gasteiger partial charge in [0.05, 0.1) is 5.69 Å². The fraction of sp³-hybridized carbons (Fsp3) is 0.364. The van der Waals surface area contributed by atoms with Gasteiger partial charge in [-0.15, -0.1) is 0 Å². The highest BCUT2D eigenvalue weighted by molar-refractivity contribution is 5.89. The number of carbonyl (C=O) groups excluding carboxylic acids is 1. The first-order valence-corrected chi connectivity index (χ1v) is 5.08. The standard InChI is InChI=1S/C11H15F2N3O/c1-11(2,6-14)16-10(17)15-9-4-3-7(12)5-8(9)13/h3-5H,6,14H2,1-2H3,(H2,15,16,17). The van der Waals surface area contributed by atoms with Gasteiger partial charge in [0.2, 0.25) is 0 Å². The summed E-state index contributed by atoms with van der Waals surface area (Å²) in [5.74, 6) is -1.53. The molecule has 0 atom stereocenters. The Morgan fingerprint density at radius 2 is 2.06 bits per heavy atom. The zero-order valence-corrected chi connectivity index (χ0v) is 9.68. The van der Waals surface area contributed by atoms with Gasteiger partial charge < -0.3 is 16.4 Å². The van der Waals surface area contributed by atoms with Gasteiger partial charge in [-0.3, -0.25) is 0 Å². The molecule has 0 saturated heterocycles. The van der Waals surface area contributed by atoms with Gasteiger partial charge in [-0.2, -0.15) is 0 Å². The van der Waals surface area contributed by atoms with E-state index in [9.17, 15) is 13.6 Å². The normalized spacial score (nSPS) is 11.1. The summed E-state index contributed by atoms with van der Waals surface area (Å²) in [5, 5.41) is 4.84. The smallest absolute Gasteiger partial charge is 0.319 e. The predicted octanol–water partition coefficient (Wildman–Crippen LogP) is 1.82. The Hall–Kier alpha value is -1.69. The Balaban J connectivity index is 2.69. The fourth-order valence-corrected chi connectivity index (χ4v) is 1.10. The molecular weight excluding hydrogens is 228 g/mol. The summed E-state index contributed by atoms with van der Waals surface area (Å²) in [7, 11) is 0. The number of rotatable bonds is 3. The molecule has 1 rings (SSSR count). The second-order valence-electron chi connectivity index (χ2n) is 4.29. The third-order valence-corrected chi connectivity index (χ3v) is 2.14. The van der Waals surface area contributed by atoms with E-state index in [1.807, 2.05) is 0 Å². The molecule has 0 radical (unpaired) electrons. The number of benzene rings is 1. The maximum Gasteiger partial charge on any atom is 0.319 e. The number of halogens is 2. The molecule has 4 N–H and O–H groups in total. The lowest BCUT2D eigenvalue weighted by Crippen LogP contribution is -2.50. The summed E-state index contributed by atoms with van der Waals surface area (Å²) in [4.78, 5) is 11.5. The van der Waals surface area contributed by atoms with Crippen molar-refractivity contribution in [2.45, 2.75) is 19.4 Å². The van der Waals surface area contributed by atoms with Gasteiger partial charge in [0.25, 0.3) is 0 Å². The lowest BCUT2D eigenvalue weighted by Gasteiger charge is -2.24. The van der Waals surface area contributed by atoms with Crippen molar-refractivity contribution in [1.29, 1.82) is 0 Å². The first-order valence-electron chi connectivity index (χ1n) is 5.08. The van der Waals surface area contributed by atoms with Crippen LogP contribution in [0.2, 0.25) is 0 Å². The van der Waals surface area contributed by atoms with Gasteiger partial charge >= 0.3 is 6.03 Å². The Kier molecular flexibility index (Phi) is 4.01. The number of nitrogens with one attached hydrogen (secondary N) is 2. The number of hydrogen-bond donors (Lipinski definition) is 3. The number of anilines is 1. The molecule has 0 aliphatic carbocycles. The molecule has 6 heteroatoms. The SMILES string of the molecule is CC(C)(CN)NC(=O)Nc1ccc(F)cc1F. The Morgan fingerprint density at radius 1 is 1.41 bits per heavy atom. The van der Waals surface area contributed by atoms with Crippen LogP contribution in [0, 0.1) is 11.6 Å². The second kappa shape index (κ2) is 5.09. The maximum atomic E-state index is 13.2. The fourth-order valence-electron chi connectivity index (χ4n) is 1.10. The van der Waals surface area contributed by atoms with Gasteiger partial charge in [0, 0.05) is 18.2 Å². The van der Waals surface area contributed by atoms with E-state index in [1.54, 1.807) is 13.8 Å². The van der Waals surface area contributed by atoms with Crippen LogP contribution in [0.1, 0.15) is 13.8 Å². The molecule has 0 bridgehead atoms. The number of nitrogens with two attached hydrogens (primary N) is 1. The van der Waals surface area contributed by atoms with E-state index in [0.29, 0.717) is 6.07 Å². The van der Waals surface area contributed by atoms with Crippen molar-refractivity contribution in [3.63, 3.8) is 0 Å². The van der Waals surface area contributed by atoms with Crippen LogP contribution in [0.25, 0.3) is 0 Å². The van der Waals surface area contributed by atoms with Crippen LogP contribution in [0.4, 0.5) is 19.3 Å². The molecule has 0 unspecified atom stereocenters. The van der Waals surface area contributed by atoms with E-state index in [2.05, 4.69) is 10.6 Å².